The Morgan fingerprint density at radius 2 is 1.52 bits per heavy atom. The van der Waals surface area contributed by atoms with E-state index >= 15 is 0 Å². The number of esters is 1. The largest absolute Gasteiger partial charge is 0.459 e. The van der Waals surface area contributed by atoms with Crippen molar-refractivity contribution in [1.29, 1.82) is 0 Å². The van der Waals surface area contributed by atoms with Gasteiger partial charge in [-0.3, -0.25) is 9.59 Å². The Morgan fingerprint density at radius 3 is 2.00 bits per heavy atom. The molecule has 4 N–H and O–H groups in total. The summed E-state index contributed by atoms with van der Waals surface area (Å²) in [5.74, 6) is -1.01. The van der Waals surface area contributed by atoms with Crippen LogP contribution in [0.4, 0.5) is 4.79 Å². The van der Waals surface area contributed by atoms with Crippen molar-refractivity contribution in [3.05, 3.63) is 0 Å². The molecule has 0 heterocycles. The molecule has 0 rings (SSSR count). The predicted molar refractivity (Wildman–Crippen MR) is 94.9 cm³/mol. The third kappa shape index (κ3) is 13.2. The minimum Gasteiger partial charge on any atom is -0.459 e. The maximum absolute atomic E-state index is 12.3. The number of alkyl carbamates (subject to hydrolysis) is 1. The average Bonchev–Trinajstić information content (AvgIpc) is 2.40. The van der Waals surface area contributed by atoms with Crippen LogP contribution >= 0.6 is 0 Å². The first-order chi connectivity index (χ1) is 11.3. The molecule has 0 spiro atoms. The number of amides is 2. The van der Waals surface area contributed by atoms with Gasteiger partial charge in [0.15, 0.2) is 0 Å². The maximum Gasteiger partial charge on any atom is 0.408 e. The van der Waals surface area contributed by atoms with Crippen LogP contribution in [0.5, 0.6) is 0 Å². The number of nitrogens with two attached hydrogens (primary N) is 1. The van der Waals surface area contributed by atoms with Crippen LogP contribution in [0.15, 0.2) is 0 Å². The Hall–Kier alpha value is -1.83. The SMILES string of the molecule is CC(C)(C)OC(=O)CNC(=O)[C@H](CCCCN)NC(=O)OC(C)(C)C. The van der Waals surface area contributed by atoms with Crippen molar-refractivity contribution in [2.24, 2.45) is 5.73 Å². The van der Waals surface area contributed by atoms with Gasteiger partial charge in [-0.2, -0.15) is 0 Å². The standard InChI is InChI=1S/C17H33N3O5/c1-16(2,3)24-13(21)11-19-14(22)12(9-7-8-10-18)20-15(23)25-17(4,5)6/h12H,7-11,18H2,1-6H3,(H,19,22)(H,20,23)/t12-/m0/s1. The molecule has 0 saturated heterocycles. The molecule has 0 aromatic heterocycles. The lowest BCUT2D eigenvalue weighted by atomic mass is 10.1. The second-order valence-electron chi connectivity index (χ2n) is 7.79. The van der Waals surface area contributed by atoms with Crippen LogP contribution in [-0.4, -0.2) is 48.3 Å². The van der Waals surface area contributed by atoms with E-state index in [0.717, 1.165) is 6.42 Å². The Labute approximate surface area is 150 Å². The van der Waals surface area contributed by atoms with Gasteiger partial charge in [0.1, 0.15) is 23.8 Å². The molecular formula is C17H33N3O5. The first-order valence-electron chi connectivity index (χ1n) is 8.53. The van der Waals surface area contributed by atoms with Crippen molar-refractivity contribution in [3.8, 4) is 0 Å². The summed E-state index contributed by atoms with van der Waals surface area (Å²) in [4.78, 5) is 35.9. The maximum atomic E-state index is 12.3. The molecule has 8 nitrogen and oxygen atoms in total. The van der Waals surface area contributed by atoms with E-state index in [1.165, 1.54) is 0 Å². The van der Waals surface area contributed by atoms with Gasteiger partial charge < -0.3 is 25.8 Å². The molecular weight excluding hydrogens is 326 g/mol. The second kappa shape index (κ2) is 10.2. The van der Waals surface area contributed by atoms with E-state index in [1.54, 1.807) is 41.5 Å². The van der Waals surface area contributed by atoms with E-state index in [9.17, 15) is 14.4 Å². The summed E-state index contributed by atoms with van der Waals surface area (Å²) in [6.07, 6.45) is 1.11. The van der Waals surface area contributed by atoms with Crippen LogP contribution in [0, 0.1) is 0 Å². The van der Waals surface area contributed by atoms with E-state index in [2.05, 4.69) is 10.6 Å². The first kappa shape index (κ1) is 23.2. The molecule has 2 amide bonds. The van der Waals surface area contributed by atoms with Gasteiger partial charge in [0, 0.05) is 0 Å². The fourth-order valence-electron chi connectivity index (χ4n) is 1.87. The van der Waals surface area contributed by atoms with Crippen LogP contribution in [0.25, 0.3) is 0 Å². The summed E-state index contributed by atoms with van der Waals surface area (Å²) in [7, 11) is 0. The zero-order valence-electron chi connectivity index (χ0n) is 16.2. The number of nitrogens with one attached hydrogen (secondary N) is 2. The monoisotopic (exact) mass is 359 g/mol. The molecule has 8 heteroatoms. The minimum absolute atomic E-state index is 0.264. The Bertz CT molecular complexity index is 452. The molecule has 0 aliphatic carbocycles. The van der Waals surface area contributed by atoms with Gasteiger partial charge in [0.05, 0.1) is 0 Å². The minimum atomic E-state index is -0.802. The van der Waals surface area contributed by atoms with E-state index in [0.29, 0.717) is 19.4 Å². The summed E-state index contributed by atoms with van der Waals surface area (Å²) in [6.45, 7) is 10.7. The average molecular weight is 359 g/mol. The van der Waals surface area contributed by atoms with E-state index < -0.39 is 35.2 Å². The quantitative estimate of drug-likeness (QED) is 0.446. The highest BCUT2D eigenvalue weighted by Crippen LogP contribution is 2.09. The van der Waals surface area contributed by atoms with Crippen LogP contribution in [0.3, 0.4) is 0 Å². The van der Waals surface area contributed by atoms with Gasteiger partial charge in [0.25, 0.3) is 0 Å². The fraction of sp³-hybridized carbons (Fsp3) is 0.824. The number of unbranched alkanes of at least 4 members (excludes halogenated alkanes) is 1. The fourth-order valence-corrected chi connectivity index (χ4v) is 1.87. The second-order valence-corrected chi connectivity index (χ2v) is 7.79. The van der Waals surface area contributed by atoms with Gasteiger partial charge in [-0.15, -0.1) is 0 Å². The lowest BCUT2D eigenvalue weighted by molar-refractivity contribution is -0.154. The molecule has 0 aromatic rings. The van der Waals surface area contributed by atoms with Gasteiger partial charge in [0.2, 0.25) is 5.91 Å². The molecule has 146 valence electrons. The van der Waals surface area contributed by atoms with Gasteiger partial charge in [-0.1, -0.05) is 0 Å². The van der Waals surface area contributed by atoms with Crippen molar-refractivity contribution in [2.75, 3.05) is 13.1 Å². The molecule has 1 atom stereocenters. The number of hydrogen-bond donors (Lipinski definition) is 3. The molecule has 0 saturated carbocycles. The predicted octanol–water partition coefficient (Wildman–Crippen LogP) is 1.47. The molecule has 25 heavy (non-hydrogen) atoms. The molecule has 0 fully saturated rings. The van der Waals surface area contributed by atoms with Crippen molar-refractivity contribution in [1.82, 2.24) is 10.6 Å². The first-order valence-corrected chi connectivity index (χ1v) is 8.53. The smallest absolute Gasteiger partial charge is 0.408 e. The summed E-state index contributed by atoms with van der Waals surface area (Å²) in [6, 6.07) is -0.802. The number of rotatable bonds is 8. The van der Waals surface area contributed by atoms with Crippen LogP contribution in [0.1, 0.15) is 60.8 Å². The lowest BCUT2D eigenvalue weighted by Gasteiger charge is -2.23. The highest BCUT2D eigenvalue weighted by atomic mass is 16.6. The highest BCUT2D eigenvalue weighted by molar-refractivity contribution is 5.88. The van der Waals surface area contributed by atoms with Crippen molar-refractivity contribution < 1.29 is 23.9 Å². The molecule has 0 aliphatic rings. The van der Waals surface area contributed by atoms with E-state index in [4.69, 9.17) is 15.2 Å². The third-order valence-corrected chi connectivity index (χ3v) is 2.78. The van der Waals surface area contributed by atoms with Gasteiger partial charge in [-0.05, 0) is 67.3 Å². The lowest BCUT2D eigenvalue weighted by Crippen LogP contribution is -2.49. The molecule has 0 bridgehead atoms. The Morgan fingerprint density at radius 1 is 0.960 bits per heavy atom. The molecule has 0 aliphatic heterocycles. The van der Waals surface area contributed by atoms with Crippen LogP contribution in [0.2, 0.25) is 0 Å². The summed E-state index contributed by atoms with van der Waals surface area (Å²) >= 11 is 0. The zero-order valence-corrected chi connectivity index (χ0v) is 16.2. The van der Waals surface area contributed by atoms with Crippen LogP contribution < -0.4 is 16.4 Å². The summed E-state index contributed by atoms with van der Waals surface area (Å²) < 4.78 is 10.3. The molecule has 0 aromatic carbocycles. The number of ether oxygens (including phenoxy) is 2. The van der Waals surface area contributed by atoms with E-state index in [-0.39, 0.29) is 6.54 Å². The summed E-state index contributed by atoms with van der Waals surface area (Å²) in [5, 5.41) is 5.02. The van der Waals surface area contributed by atoms with Gasteiger partial charge in [-0.25, -0.2) is 4.79 Å². The topological polar surface area (TPSA) is 120 Å². The Balaban J connectivity index is 4.65. The van der Waals surface area contributed by atoms with E-state index in [1.807, 2.05) is 0 Å². The zero-order chi connectivity index (χ0) is 19.7. The number of carbonyl (C=O) groups excluding carboxylic acids is 3. The number of hydrogen-bond acceptors (Lipinski definition) is 6. The van der Waals surface area contributed by atoms with Crippen molar-refractivity contribution in [3.63, 3.8) is 0 Å². The van der Waals surface area contributed by atoms with Gasteiger partial charge >= 0.3 is 12.1 Å². The molecule has 0 unspecified atom stereocenters. The third-order valence-electron chi connectivity index (χ3n) is 2.78. The molecule has 0 radical (unpaired) electrons. The van der Waals surface area contributed by atoms with Crippen molar-refractivity contribution in [2.45, 2.75) is 78.0 Å². The normalized spacial score (nSPS) is 12.9. The highest BCUT2D eigenvalue weighted by Gasteiger charge is 2.25. The van der Waals surface area contributed by atoms with Crippen molar-refractivity contribution >= 4 is 18.0 Å². The number of carbonyl (C=O) groups is 3. The van der Waals surface area contributed by atoms with Crippen LogP contribution in [-0.2, 0) is 19.1 Å². The summed E-state index contributed by atoms with van der Waals surface area (Å²) in [5.41, 5.74) is 4.16. The Kier molecular flexibility index (Phi) is 9.48.